The Morgan fingerprint density at radius 2 is 2.00 bits per heavy atom. The van der Waals surface area contributed by atoms with Gasteiger partial charge < -0.3 is 15.4 Å². The molecule has 6 heteroatoms. The highest BCUT2D eigenvalue weighted by molar-refractivity contribution is 14.0. The summed E-state index contributed by atoms with van der Waals surface area (Å²) in [5.41, 5.74) is 2.95. The fourth-order valence-electron chi connectivity index (χ4n) is 4.40. The van der Waals surface area contributed by atoms with Gasteiger partial charge in [0.15, 0.2) is 5.96 Å². The molecule has 1 aliphatic heterocycles. The minimum atomic E-state index is 0. The SMILES string of the molecule is CN=C(NCC1(c2ccccc2C)CCOCC1)NC1CCC(SC)C1.I. The Kier molecular flexibility index (Phi) is 9.22. The van der Waals surface area contributed by atoms with Gasteiger partial charge in [-0.3, -0.25) is 4.99 Å². The number of halogens is 1. The summed E-state index contributed by atoms with van der Waals surface area (Å²) in [6, 6.07) is 9.34. The molecule has 0 radical (unpaired) electrons. The number of benzene rings is 1. The molecule has 2 fully saturated rings. The van der Waals surface area contributed by atoms with Crippen LogP contribution in [0.25, 0.3) is 0 Å². The van der Waals surface area contributed by atoms with Crippen molar-refractivity contribution in [3.05, 3.63) is 35.4 Å². The monoisotopic (exact) mass is 503 g/mol. The zero-order chi connectivity index (χ0) is 18.4. The zero-order valence-electron chi connectivity index (χ0n) is 16.8. The van der Waals surface area contributed by atoms with Gasteiger partial charge in [0.25, 0.3) is 0 Å². The molecule has 1 heterocycles. The van der Waals surface area contributed by atoms with Gasteiger partial charge in [0.05, 0.1) is 0 Å². The van der Waals surface area contributed by atoms with E-state index in [0.29, 0.717) is 6.04 Å². The average Bonchev–Trinajstić information content (AvgIpc) is 3.14. The van der Waals surface area contributed by atoms with E-state index >= 15 is 0 Å². The Labute approximate surface area is 185 Å². The van der Waals surface area contributed by atoms with Crippen LogP contribution < -0.4 is 10.6 Å². The number of nitrogens with one attached hydrogen (secondary N) is 2. The zero-order valence-corrected chi connectivity index (χ0v) is 19.9. The molecular weight excluding hydrogens is 469 g/mol. The maximum atomic E-state index is 5.68. The van der Waals surface area contributed by atoms with Crippen LogP contribution in [-0.4, -0.2) is 50.3 Å². The number of aryl methyl sites for hydroxylation is 1. The summed E-state index contributed by atoms with van der Waals surface area (Å²) in [4.78, 5) is 4.49. The third-order valence-corrected chi connectivity index (χ3v) is 7.14. The molecule has 0 spiro atoms. The molecule has 1 aromatic rings. The van der Waals surface area contributed by atoms with Gasteiger partial charge in [-0.15, -0.1) is 24.0 Å². The van der Waals surface area contributed by atoms with Crippen molar-refractivity contribution in [3.8, 4) is 0 Å². The van der Waals surface area contributed by atoms with E-state index in [9.17, 15) is 0 Å². The van der Waals surface area contributed by atoms with Crippen LogP contribution in [0.3, 0.4) is 0 Å². The topological polar surface area (TPSA) is 45.7 Å². The molecule has 2 unspecified atom stereocenters. The van der Waals surface area contributed by atoms with Gasteiger partial charge in [0, 0.05) is 43.5 Å². The van der Waals surface area contributed by atoms with E-state index < -0.39 is 0 Å². The summed E-state index contributed by atoms with van der Waals surface area (Å²) in [5, 5.41) is 8.08. The van der Waals surface area contributed by atoms with Gasteiger partial charge in [0.1, 0.15) is 0 Å². The number of guanidine groups is 1. The van der Waals surface area contributed by atoms with Crippen molar-refractivity contribution in [1.29, 1.82) is 0 Å². The molecule has 27 heavy (non-hydrogen) atoms. The molecule has 1 aromatic carbocycles. The van der Waals surface area contributed by atoms with Crippen molar-refractivity contribution in [2.75, 3.05) is 33.1 Å². The average molecular weight is 503 g/mol. The lowest BCUT2D eigenvalue weighted by atomic mass is 9.72. The van der Waals surface area contributed by atoms with Crippen LogP contribution in [0.2, 0.25) is 0 Å². The van der Waals surface area contributed by atoms with Crippen molar-refractivity contribution < 1.29 is 4.74 Å². The van der Waals surface area contributed by atoms with E-state index in [0.717, 1.165) is 43.8 Å². The second kappa shape index (κ2) is 10.9. The number of ether oxygens (including phenoxy) is 1. The van der Waals surface area contributed by atoms with Crippen molar-refractivity contribution in [3.63, 3.8) is 0 Å². The third-order valence-electron chi connectivity index (χ3n) is 6.04. The Morgan fingerprint density at radius 1 is 1.26 bits per heavy atom. The van der Waals surface area contributed by atoms with Gasteiger partial charge >= 0.3 is 0 Å². The molecule has 1 saturated heterocycles. The van der Waals surface area contributed by atoms with Crippen molar-refractivity contribution in [2.45, 2.75) is 55.7 Å². The number of nitrogens with zero attached hydrogens (tertiary/aromatic N) is 1. The Bertz CT molecular complexity index is 619. The largest absolute Gasteiger partial charge is 0.381 e. The minimum Gasteiger partial charge on any atom is -0.381 e. The van der Waals surface area contributed by atoms with Crippen LogP contribution in [0.5, 0.6) is 0 Å². The van der Waals surface area contributed by atoms with Crippen LogP contribution in [0.1, 0.15) is 43.2 Å². The van der Waals surface area contributed by atoms with Crippen molar-refractivity contribution in [2.24, 2.45) is 4.99 Å². The van der Waals surface area contributed by atoms with Gasteiger partial charge in [-0.1, -0.05) is 24.3 Å². The standard InChI is InChI=1S/C21H33N3OS.HI/c1-16-6-4-5-7-19(16)21(10-12-25-13-11-21)15-23-20(22-2)24-17-8-9-18(14-17)26-3;/h4-7,17-18H,8-15H2,1-3H3,(H2,22,23,24);1H. The predicted molar refractivity (Wildman–Crippen MR) is 128 cm³/mol. The Morgan fingerprint density at radius 3 is 2.63 bits per heavy atom. The lowest BCUT2D eigenvalue weighted by Gasteiger charge is -2.39. The minimum absolute atomic E-state index is 0. The molecule has 1 saturated carbocycles. The first-order valence-electron chi connectivity index (χ1n) is 9.81. The number of rotatable bonds is 5. The molecule has 2 N–H and O–H groups in total. The summed E-state index contributed by atoms with van der Waals surface area (Å²) >= 11 is 1.99. The van der Waals surface area contributed by atoms with Crippen LogP contribution >= 0.6 is 35.7 Å². The summed E-state index contributed by atoms with van der Waals surface area (Å²) in [6.45, 7) is 4.79. The summed E-state index contributed by atoms with van der Waals surface area (Å²) < 4.78 is 5.68. The van der Waals surface area contributed by atoms with E-state index in [1.165, 1.54) is 30.4 Å². The number of hydrogen-bond acceptors (Lipinski definition) is 3. The molecule has 0 bridgehead atoms. The molecule has 0 aromatic heterocycles. The van der Waals surface area contributed by atoms with Gasteiger partial charge in [-0.2, -0.15) is 11.8 Å². The molecule has 0 amide bonds. The first-order chi connectivity index (χ1) is 12.7. The highest BCUT2D eigenvalue weighted by Gasteiger charge is 2.36. The number of aliphatic imine (C=N–C) groups is 1. The first-order valence-corrected chi connectivity index (χ1v) is 11.1. The van der Waals surface area contributed by atoms with Gasteiger partial charge in [-0.25, -0.2) is 0 Å². The second-order valence-corrected chi connectivity index (χ2v) is 8.78. The Hall–Kier alpha value is -0.470. The van der Waals surface area contributed by atoms with E-state index in [-0.39, 0.29) is 29.4 Å². The van der Waals surface area contributed by atoms with Crippen molar-refractivity contribution in [1.82, 2.24) is 10.6 Å². The molecule has 4 nitrogen and oxygen atoms in total. The normalized spacial score (nSPS) is 24.9. The lowest BCUT2D eigenvalue weighted by Crippen LogP contribution is -2.50. The van der Waals surface area contributed by atoms with E-state index in [1.807, 2.05) is 18.8 Å². The summed E-state index contributed by atoms with van der Waals surface area (Å²) in [5.74, 6) is 0.941. The highest BCUT2D eigenvalue weighted by atomic mass is 127. The molecule has 2 atom stereocenters. The van der Waals surface area contributed by atoms with E-state index in [4.69, 9.17) is 4.74 Å². The molecule has 152 valence electrons. The summed E-state index contributed by atoms with van der Waals surface area (Å²) in [7, 11) is 1.88. The first kappa shape index (κ1) is 22.8. The second-order valence-electron chi connectivity index (χ2n) is 7.65. The van der Waals surface area contributed by atoms with Crippen LogP contribution in [0, 0.1) is 6.92 Å². The number of hydrogen-bond donors (Lipinski definition) is 2. The summed E-state index contributed by atoms with van der Waals surface area (Å²) in [6.07, 6.45) is 8.11. The lowest BCUT2D eigenvalue weighted by molar-refractivity contribution is 0.0511. The smallest absolute Gasteiger partial charge is 0.191 e. The van der Waals surface area contributed by atoms with Crippen LogP contribution in [-0.2, 0) is 10.2 Å². The maximum Gasteiger partial charge on any atom is 0.191 e. The van der Waals surface area contributed by atoms with Gasteiger partial charge in [-0.05, 0) is 56.4 Å². The van der Waals surface area contributed by atoms with E-state index in [1.54, 1.807) is 0 Å². The van der Waals surface area contributed by atoms with Crippen LogP contribution in [0.15, 0.2) is 29.3 Å². The molecule has 1 aliphatic carbocycles. The fraction of sp³-hybridized carbons (Fsp3) is 0.667. The van der Waals surface area contributed by atoms with Crippen LogP contribution in [0.4, 0.5) is 0 Å². The third kappa shape index (κ3) is 5.76. The molecular formula is C21H34IN3OS. The van der Waals surface area contributed by atoms with E-state index in [2.05, 4.69) is 53.1 Å². The Balaban J connectivity index is 0.00000261. The molecule has 2 aliphatic rings. The molecule has 3 rings (SSSR count). The maximum absolute atomic E-state index is 5.68. The number of thioether (sulfide) groups is 1. The quantitative estimate of drug-likeness (QED) is 0.361. The van der Waals surface area contributed by atoms with Gasteiger partial charge in [0.2, 0.25) is 0 Å². The fourth-order valence-corrected chi connectivity index (χ4v) is 5.19. The van der Waals surface area contributed by atoms with Crippen molar-refractivity contribution >= 4 is 41.7 Å². The highest BCUT2D eigenvalue weighted by Crippen LogP contribution is 2.36. The predicted octanol–water partition coefficient (Wildman–Crippen LogP) is 4.11.